The van der Waals surface area contributed by atoms with Crippen LogP contribution in [0.4, 0.5) is 57.8 Å². The molecule has 0 unspecified atom stereocenters. The second-order valence-electron chi connectivity index (χ2n) is 35.3. The smallest absolute Gasteiger partial charge is 0.314 e. The number of carbonyl (C=O) groups excluding carboxylic acids is 4. The number of nitrogens with two attached hydrogens (primary N) is 5. The quantitative estimate of drug-likeness (QED) is 0.0128. The van der Waals surface area contributed by atoms with E-state index in [1.54, 1.807) is 24.3 Å². The van der Waals surface area contributed by atoms with Crippen LogP contribution in [0.1, 0.15) is 194 Å². The Morgan fingerprint density at radius 2 is 0.721 bits per heavy atom. The highest BCUT2D eigenvalue weighted by Crippen LogP contribution is 2.32. The molecule has 13 rings (SSSR count). The summed E-state index contributed by atoms with van der Waals surface area (Å²) in [5.74, 6) is 3.80. The average molecular weight is 1910 g/mol. The molecule has 136 heavy (non-hydrogen) atoms. The maximum atomic E-state index is 12.1. The lowest BCUT2D eigenvalue weighted by molar-refractivity contribution is -0.154. The molecule has 5 aromatic heterocycles. The number of rotatable bonds is 36. The largest absolute Gasteiger partial charge is 0.460 e. The summed E-state index contributed by atoms with van der Waals surface area (Å²) in [5.41, 5.74) is 53.1. The average Bonchev–Trinajstić information content (AvgIpc) is 0.891. The molecule has 29 nitrogen and oxygen atoms in total. The molecule has 0 spiro atoms. The molecule has 1 fully saturated rings. The third-order valence-electron chi connectivity index (χ3n) is 22.9. The number of nitrogens with zero attached hydrogens (tertiary/aromatic N) is 11. The summed E-state index contributed by atoms with van der Waals surface area (Å²) in [4.78, 5) is 93.4. The molecule has 0 aliphatic carbocycles. The normalized spacial score (nSPS) is 11.5. The molecule has 6 heterocycles. The minimum atomic E-state index is -0.418. The van der Waals surface area contributed by atoms with Crippen LogP contribution >= 0.6 is 15.9 Å². The van der Waals surface area contributed by atoms with Gasteiger partial charge in [-0.15, -0.1) is 0 Å². The van der Waals surface area contributed by atoms with E-state index < -0.39 is 5.60 Å². The second kappa shape index (κ2) is 54.0. The molecule has 720 valence electrons. The molecule has 12 aromatic rings. The van der Waals surface area contributed by atoms with Gasteiger partial charge in [0, 0.05) is 132 Å². The number of anilines is 9. The Balaban J connectivity index is 0.000000191. The van der Waals surface area contributed by atoms with Gasteiger partial charge >= 0.3 is 12.0 Å². The molecular formula is C106H139BrN24O5. The van der Waals surface area contributed by atoms with E-state index in [0.29, 0.717) is 80.2 Å². The van der Waals surface area contributed by atoms with Crippen LogP contribution in [0.5, 0.6) is 0 Å². The van der Waals surface area contributed by atoms with E-state index in [1.807, 2.05) is 138 Å². The van der Waals surface area contributed by atoms with Gasteiger partial charge in [0.15, 0.2) is 0 Å². The summed E-state index contributed by atoms with van der Waals surface area (Å²) >= 11 is 3.37. The number of amides is 4. The van der Waals surface area contributed by atoms with Crippen LogP contribution in [0.25, 0.3) is 56.3 Å². The monoisotopic (exact) mass is 1910 g/mol. The van der Waals surface area contributed by atoms with Crippen LogP contribution in [0, 0.1) is 69.2 Å². The second-order valence-corrected chi connectivity index (χ2v) is 36.2. The zero-order chi connectivity index (χ0) is 98.2. The molecular weight excluding hydrogens is 1770 g/mol. The molecule has 0 bridgehead atoms. The van der Waals surface area contributed by atoms with E-state index in [1.165, 1.54) is 101 Å². The Morgan fingerprint density at radius 3 is 1.10 bits per heavy atom. The Labute approximate surface area is 811 Å². The fraction of sp³-hybridized carbons (Fsp3) is 0.377. The van der Waals surface area contributed by atoms with Crippen molar-refractivity contribution in [3.05, 3.63) is 253 Å². The first-order valence-electron chi connectivity index (χ1n) is 47.0. The number of nitrogen functional groups attached to an aromatic ring is 5. The van der Waals surface area contributed by atoms with Gasteiger partial charge in [-0.3, -0.25) is 14.4 Å². The summed E-state index contributed by atoms with van der Waals surface area (Å²) in [5, 5.41) is 24.5. The van der Waals surface area contributed by atoms with E-state index >= 15 is 0 Å². The predicted molar refractivity (Wildman–Crippen MR) is 559 cm³/mol. The van der Waals surface area contributed by atoms with E-state index in [0.717, 1.165) is 130 Å². The molecule has 18 N–H and O–H groups in total. The van der Waals surface area contributed by atoms with Crippen molar-refractivity contribution in [1.82, 2.24) is 76.0 Å². The number of aryl methyl sites for hydroxylation is 6. The highest BCUT2D eigenvalue weighted by molar-refractivity contribution is 9.10. The maximum Gasteiger partial charge on any atom is 0.314 e. The van der Waals surface area contributed by atoms with Gasteiger partial charge in [0.1, 0.15) is 28.9 Å². The Hall–Kier alpha value is -13.7. The lowest BCUT2D eigenvalue weighted by Gasteiger charge is -2.19. The first-order valence-corrected chi connectivity index (χ1v) is 47.8. The fourth-order valence-electron chi connectivity index (χ4n) is 15.0. The van der Waals surface area contributed by atoms with E-state index in [2.05, 4.69) is 231 Å². The van der Waals surface area contributed by atoms with Crippen molar-refractivity contribution in [2.24, 2.45) is 0 Å². The Kier molecular flexibility index (Phi) is 42.0. The predicted octanol–water partition coefficient (Wildman–Crippen LogP) is 19.6. The minimum absolute atomic E-state index is 0.0657. The molecule has 0 radical (unpaired) electrons. The zero-order valence-electron chi connectivity index (χ0n) is 81.8. The Bertz CT molecular complexity index is 5910. The van der Waals surface area contributed by atoms with Crippen molar-refractivity contribution in [3.8, 4) is 56.3 Å². The van der Waals surface area contributed by atoms with E-state index in [9.17, 15) is 19.2 Å². The number of aromatic nitrogens is 10. The van der Waals surface area contributed by atoms with Gasteiger partial charge in [0.25, 0.3) is 11.8 Å². The third kappa shape index (κ3) is 35.6. The molecule has 1 aliphatic rings. The first kappa shape index (κ1) is 106. The number of benzene rings is 7. The van der Waals surface area contributed by atoms with Crippen molar-refractivity contribution in [3.63, 3.8) is 0 Å². The number of carbonyl (C=O) groups is 4. The summed E-state index contributed by atoms with van der Waals surface area (Å²) < 4.78 is 6.20. The third-order valence-corrected chi connectivity index (χ3v) is 23.4. The topological polar surface area (TPSA) is 436 Å². The zero-order valence-corrected chi connectivity index (χ0v) is 83.4. The molecule has 1 saturated heterocycles. The number of urea groups is 1. The van der Waals surface area contributed by atoms with Gasteiger partial charge in [-0.2, -0.15) is 19.9 Å². The van der Waals surface area contributed by atoms with Gasteiger partial charge in [0.2, 0.25) is 29.7 Å². The summed E-state index contributed by atoms with van der Waals surface area (Å²) in [6.45, 7) is 38.7. The lowest BCUT2D eigenvalue weighted by Crippen LogP contribution is -2.40. The Morgan fingerprint density at radius 1 is 0.375 bits per heavy atom. The van der Waals surface area contributed by atoms with Crippen LogP contribution in [0.2, 0.25) is 0 Å². The van der Waals surface area contributed by atoms with Crippen LogP contribution in [0.3, 0.4) is 0 Å². The van der Waals surface area contributed by atoms with Crippen molar-refractivity contribution in [2.75, 3.05) is 115 Å². The van der Waals surface area contributed by atoms with Crippen LogP contribution in [-0.4, -0.2) is 156 Å². The standard InChI is InChI=1S/C22H24BrN5O.C22H25N5O.C22H32N4O2.C21H30N4.C19H28N6O/c1-14-6-3-9-18(15(14)2)19-13-20(28-22(24)27-19)25-10-5-11-26-21(29)16-7-4-8-17(23)12-16;1-15-8-6-11-18(16(15)2)19-14-20(27-22(23)26-19)24-12-7-13-25-21(28)17-9-4-3-5-10-17;1-15-10-9-11-17(16(15)2)18-14-19(26-21(23)25-18)24-13-8-6-7-12-20(27)28-22(3,4)5;1-16-9-8-11-19(17(16)2)20-15-18(23-21(22)24-20)10-4-3-5-12-25-13-6-7-14-25;1-12(2)23-19(26)22-10-6-9-21-17-11-16(24-18(20)25-17)15-8-5-7-13(3)14(15)4/h3-4,6-9,12-13H,5,10-11H2,1-2H3,(H,26,29)(H3,24,25,27,28);3-6,8-11,14H,7,12-13H2,1-2H3,(H,25,28)(H3,23,24,26,27);9-11,14H,6-8,12-13H2,1-5H3,(H3,23,24,25,26);8-9,11,15H,3-7,10,12-14H2,1-2H3,(H2,22,23,24);5,7-8,11-12H,6,9-10H2,1-4H3,(H2,22,23,26)(H3,20,21,24,25). The summed E-state index contributed by atoms with van der Waals surface area (Å²) in [6.07, 6.45) is 12.9. The van der Waals surface area contributed by atoms with Crippen molar-refractivity contribution < 1.29 is 23.9 Å². The lowest BCUT2D eigenvalue weighted by atomic mass is 10.00. The molecule has 1 aliphatic heterocycles. The van der Waals surface area contributed by atoms with Crippen LogP contribution < -0.4 is 71.2 Å². The van der Waals surface area contributed by atoms with Crippen molar-refractivity contribution >= 4 is 92.8 Å². The number of hydrogen-bond acceptors (Lipinski definition) is 25. The van der Waals surface area contributed by atoms with Crippen molar-refractivity contribution in [2.45, 2.75) is 199 Å². The number of unbranched alkanes of at least 4 members (excludes halogenated alkanes) is 4. The SMILES string of the molecule is Cc1cccc(-c2cc(CCCCCN3CCCC3)nc(N)n2)c1C.Cc1cccc(-c2cc(NCCCCCC(=O)OC(C)(C)C)nc(N)n2)c1C.Cc1cccc(-c2cc(NCCCNC(=O)NC(C)C)nc(N)n2)c1C.Cc1cccc(-c2cc(NCCCNC(=O)c3cccc(Br)c3)nc(N)n2)c1C.Cc1cccc(-c2cc(NCCCNC(=O)c3ccccc3)nc(N)n2)c1C. The van der Waals surface area contributed by atoms with Crippen LogP contribution in [0.15, 0.2) is 180 Å². The molecule has 7 aromatic carbocycles. The maximum absolute atomic E-state index is 12.1. The summed E-state index contributed by atoms with van der Waals surface area (Å²) in [7, 11) is 0. The van der Waals surface area contributed by atoms with Crippen molar-refractivity contribution in [1.29, 1.82) is 0 Å². The number of hydrogen-bond donors (Lipinski definition) is 13. The number of ether oxygens (including phenoxy) is 1. The number of halogens is 1. The summed E-state index contributed by atoms with van der Waals surface area (Å²) in [6, 6.07) is 57.1. The number of nitrogens with one attached hydrogen (secondary N) is 8. The molecule has 30 heteroatoms. The molecule has 4 amide bonds. The highest BCUT2D eigenvalue weighted by atomic mass is 79.9. The number of likely N-dealkylation sites (tertiary alicyclic amines) is 1. The minimum Gasteiger partial charge on any atom is -0.460 e. The fourth-order valence-corrected chi connectivity index (χ4v) is 15.4. The van der Waals surface area contributed by atoms with Gasteiger partial charge in [-0.05, 0) is 280 Å². The highest BCUT2D eigenvalue weighted by Gasteiger charge is 2.20. The van der Waals surface area contributed by atoms with Gasteiger partial charge in [-0.25, -0.2) is 34.7 Å². The van der Waals surface area contributed by atoms with Gasteiger partial charge in [0.05, 0.1) is 28.5 Å². The van der Waals surface area contributed by atoms with Gasteiger partial charge < -0.3 is 80.8 Å². The molecule has 0 saturated carbocycles. The van der Waals surface area contributed by atoms with E-state index in [-0.39, 0.29) is 53.6 Å². The van der Waals surface area contributed by atoms with E-state index in [4.69, 9.17) is 33.4 Å². The molecule has 0 atom stereocenters. The van der Waals surface area contributed by atoms with Gasteiger partial charge in [-0.1, -0.05) is 144 Å². The van der Waals surface area contributed by atoms with Crippen LogP contribution in [-0.2, 0) is 16.0 Å². The number of esters is 1. The first-order chi connectivity index (χ1) is 65.1.